The Morgan fingerprint density at radius 1 is 1.33 bits per heavy atom. The summed E-state index contributed by atoms with van der Waals surface area (Å²) in [5.74, 6) is 0.342. The lowest BCUT2D eigenvalue weighted by molar-refractivity contribution is -0.385. The molecule has 9 heteroatoms. The largest absolute Gasteiger partial charge is 0.496 e. The number of nitro groups is 1. The number of nitro benzene ring substituents is 1. The lowest BCUT2D eigenvalue weighted by Gasteiger charge is -2.09. The summed E-state index contributed by atoms with van der Waals surface area (Å²) in [5.41, 5.74) is 0.483. The molecule has 0 heterocycles. The number of methoxy groups -OCH3 is 1. The number of nitrogens with one attached hydrogen (secondary N) is 1. The number of ether oxygens (including phenoxy) is 2. The molecule has 0 saturated heterocycles. The van der Waals surface area contributed by atoms with Gasteiger partial charge in [0.2, 0.25) is 0 Å². The highest BCUT2D eigenvalue weighted by Crippen LogP contribution is 2.22. The second-order valence-corrected chi connectivity index (χ2v) is 4.14. The molecule has 0 saturated carbocycles. The van der Waals surface area contributed by atoms with Gasteiger partial charge in [0.1, 0.15) is 12.4 Å². The van der Waals surface area contributed by atoms with E-state index in [-0.39, 0.29) is 25.4 Å². The summed E-state index contributed by atoms with van der Waals surface area (Å²) < 4.78 is 44.8. The average molecular weight is 308 g/mol. The monoisotopic (exact) mass is 308 g/mol. The number of nitrogens with zero attached hydrogens (tertiary/aromatic N) is 1. The molecule has 21 heavy (non-hydrogen) atoms. The van der Waals surface area contributed by atoms with Crippen LogP contribution < -0.4 is 10.1 Å². The fourth-order valence-corrected chi connectivity index (χ4v) is 1.53. The molecule has 0 aliphatic rings. The quantitative estimate of drug-likeness (QED) is 0.453. The Hall–Kier alpha value is -1.87. The van der Waals surface area contributed by atoms with E-state index in [9.17, 15) is 23.3 Å². The van der Waals surface area contributed by atoms with Crippen LogP contribution in [0.3, 0.4) is 0 Å². The Bertz CT molecular complexity index is 480. The average Bonchev–Trinajstić information content (AvgIpc) is 2.41. The normalized spacial score (nSPS) is 11.4. The second kappa shape index (κ2) is 7.79. The van der Waals surface area contributed by atoms with Gasteiger partial charge in [0.15, 0.2) is 0 Å². The Morgan fingerprint density at radius 3 is 2.62 bits per heavy atom. The molecule has 0 aromatic heterocycles. The lowest BCUT2D eigenvalue weighted by Crippen LogP contribution is -2.23. The third-order valence-corrected chi connectivity index (χ3v) is 2.42. The van der Waals surface area contributed by atoms with Crippen LogP contribution in [0.5, 0.6) is 5.75 Å². The van der Waals surface area contributed by atoms with E-state index in [4.69, 9.17) is 4.74 Å². The molecule has 0 spiro atoms. The van der Waals surface area contributed by atoms with Crippen LogP contribution >= 0.6 is 0 Å². The van der Waals surface area contributed by atoms with Gasteiger partial charge in [0.05, 0.1) is 24.7 Å². The molecule has 0 fully saturated rings. The molecule has 118 valence electrons. The van der Waals surface area contributed by atoms with Gasteiger partial charge in [0, 0.05) is 19.2 Å². The molecule has 1 aromatic carbocycles. The zero-order chi connectivity index (χ0) is 15.9. The maximum atomic E-state index is 11.8. The van der Waals surface area contributed by atoms with Gasteiger partial charge in [-0.1, -0.05) is 0 Å². The second-order valence-electron chi connectivity index (χ2n) is 4.14. The number of halogens is 3. The number of benzene rings is 1. The van der Waals surface area contributed by atoms with Crippen molar-refractivity contribution >= 4 is 5.69 Å². The van der Waals surface area contributed by atoms with E-state index in [0.29, 0.717) is 11.3 Å². The Kier molecular flexibility index (Phi) is 6.38. The summed E-state index contributed by atoms with van der Waals surface area (Å²) >= 11 is 0. The van der Waals surface area contributed by atoms with Gasteiger partial charge in [-0.3, -0.25) is 10.1 Å². The molecule has 0 aliphatic heterocycles. The van der Waals surface area contributed by atoms with Crippen LogP contribution in [0.25, 0.3) is 0 Å². The number of non-ortho nitro benzene ring substituents is 1. The molecule has 1 N–H and O–H groups in total. The van der Waals surface area contributed by atoms with Crippen LogP contribution in [-0.4, -0.2) is 38.0 Å². The standard InChI is InChI=1S/C12H15F3N2O4/c1-20-11-5-9(4-10(6-11)17(18)19)7-16-2-3-21-8-12(13,14)15/h4-6,16H,2-3,7-8H2,1H3. The van der Waals surface area contributed by atoms with E-state index in [1.165, 1.54) is 19.2 Å². The molecular formula is C12H15F3N2O4. The van der Waals surface area contributed by atoms with Crippen LogP contribution in [0.4, 0.5) is 18.9 Å². The van der Waals surface area contributed by atoms with Crippen molar-refractivity contribution < 1.29 is 27.6 Å². The maximum absolute atomic E-state index is 11.8. The fourth-order valence-electron chi connectivity index (χ4n) is 1.53. The molecule has 0 radical (unpaired) electrons. The molecule has 0 aliphatic carbocycles. The summed E-state index contributed by atoms with van der Waals surface area (Å²) in [6.45, 7) is -0.945. The molecule has 0 atom stereocenters. The first-order valence-electron chi connectivity index (χ1n) is 5.99. The van der Waals surface area contributed by atoms with Gasteiger partial charge < -0.3 is 14.8 Å². The number of hydrogen-bond donors (Lipinski definition) is 1. The maximum Gasteiger partial charge on any atom is 0.411 e. The SMILES string of the molecule is COc1cc(CNCCOCC(F)(F)F)cc([N+](=O)[O-])c1. The predicted octanol–water partition coefficient (Wildman–Crippen LogP) is 2.27. The number of alkyl halides is 3. The molecule has 0 amide bonds. The van der Waals surface area contributed by atoms with Gasteiger partial charge in [0.25, 0.3) is 5.69 Å². The topological polar surface area (TPSA) is 73.6 Å². The summed E-state index contributed by atoms with van der Waals surface area (Å²) in [6.07, 6.45) is -4.34. The third-order valence-electron chi connectivity index (χ3n) is 2.42. The van der Waals surface area contributed by atoms with Crippen molar-refractivity contribution in [3.63, 3.8) is 0 Å². The van der Waals surface area contributed by atoms with Gasteiger partial charge in [-0.15, -0.1) is 0 Å². The van der Waals surface area contributed by atoms with Crippen molar-refractivity contribution in [1.29, 1.82) is 0 Å². The van der Waals surface area contributed by atoms with E-state index in [0.717, 1.165) is 0 Å². The van der Waals surface area contributed by atoms with Gasteiger partial charge in [-0.05, 0) is 11.6 Å². The Balaban J connectivity index is 2.41. The summed E-state index contributed by atoms with van der Waals surface area (Å²) in [6, 6.07) is 4.26. The fraction of sp³-hybridized carbons (Fsp3) is 0.500. The van der Waals surface area contributed by atoms with Gasteiger partial charge in [-0.2, -0.15) is 13.2 Å². The van der Waals surface area contributed by atoms with Crippen molar-refractivity contribution in [3.05, 3.63) is 33.9 Å². The zero-order valence-electron chi connectivity index (χ0n) is 11.3. The minimum Gasteiger partial charge on any atom is -0.496 e. The van der Waals surface area contributed by atoms with Crippen molar-refractivity contribution in [2.45, 2.75) is 12.7 Å². The van der Waals surface area contributed by atoms with Crippen molar-refractivity contribution in [3.8, 4) is 5.75 Å². The Morgan fingerprint density at radius 2 is 2.05 bits per heavy atom. The van der Waals surface area contributed by atoms with Crippen LogP contribution in [0.2, 0.25) is 0 Å². The highest BCUT2D eigenvalue weighted by atomic mass is 19.4. The summed E-state index contributed by atoms with van der Waals surface area (Å²) in [7, 11) is 1.39. The highest BCUT2D eigenvalue weighted by molar-refractivity contribution is 5.42. The highest BCUT2D eigenvalue weighted by Gasteiger charge is 2.27. The molecule has 1 rings (SSSR count). The summed E-state index contributed by atoms with van der Waals surface area (Å²) in [5, 5.41) is 13.6. The summed E-state index contributed by atoms with van der Waals surface area (Å²) in [4.78, 5) is 10.2. The molecular weight excluding hydrogens is 293 g/mol. The number of hydrogen-bond acceptors (Lipinski definition) is 5. The first-order chi connectivity index (χ1) is 9.81. The van der Waals surface area contributed by atoms with E-state index in [1.807, 2.05) is 0 Å². The predicted molar refractivity (Wildman–Crippen MR) is 68.2 cm³/mol. The van der Waals surface area contributed by atoms with Crippen LogP contribution in [0, 0.1) is 10.1 Å². The lowest BCUT2D eigenvalue weighted by atomic mass is 10.2. The zero-order valence-corrected chi connectivity index (χ0v) is 11.3. The van der Waals surface area contributed by atoms with Crippen LogP contribution in [0.1, 0.15) is 5.56 Å². The first-order valence-corrected chi connectivity index (χ1v) is 5.99. The molecule has 0 bridgehead atoms. The smallest absolute Gasteiger partial charge is 0.411 e. The van der Waals surface area contributed by atoms with Crippen LogP contribution in [-0.2, 0) is 11.3 Å². The minimum atomic E-state index is -4.34. The molecule has 0 unspecified atom stereocenters. The third kappa shape index (κ3) is 6.91. The minimum absolute atomic E-state index is 0.106. The first kappa shape index (κ1) is 17.2. The molecule has 6 nitrogen and oxygen atoms in total. The molecule has 1 aromatic rings. The van der Waals surface area contributed by atoms with Crippen LogP contribution in [0.15, 0.2) is 18.2 Å². The van der Waals surface area contributed by atoms with Gasteiger partial charge in [-0.25, -0.2) is 0 Å². The van der Waals surface area contributed by atoms with Crippen molar-refractivity contribution in [1.82, 2.24) is 5.32 Å². The van der Waals surface area contributed by atoms with Gasteiger partial charge >= 0.3 is 6.18 Å². The van der Waals surface area contributed by atoms with Crippen molar-refractivity contribution in [2.24, 2.45) is 0 Å². The van der Waals surface area contributed by atoms with E-state index < -0.39 is 17.7 Å². The van der Waals surface area contributed by atoms with E-state index in [2.05, 4.69) is 10.1 Å². The van der Waals surface area contributed by atoms with E-state index in [1.54, 1.807) is 6.07 Å². The number of rotatable bonds is 8. The van der Waals surface area contributed by atoms with Crippen molar-refractivity contribution in [2.75, 3.05) is 26.9 Å². The van der Waals surface area contributed by atoms with E-state index >= 15 is 0 Å². The Labute approximate surface area is 119 Å².